The van der Waals surface area contributed by atoms with E-state index in [0.717, 1.165) is 18.4 Å². The summed E-state index contributed by atoms with van der Waals surface area (Å²) in [6, 6.07) is 7.32. The lowest BCUT2D eigenvalue weighted by Crippen LogP contribution is -2.55. The number of carbonyl (C=O) groups is 3. The number of urea groups is 1. The second kappa shape index (κ2) is 10.1. The maximum Gasteiger partial charge on any atom is 0.319 e. The number of nitrogens with one attached hydrogen (secondary N) is 2. The first-order valence-corrected chi connectivity index (χ1v) is 9.52. The van der Waals surface area contributed by atoms with Gasteiger partial charge in [-0.1, -0.05) is 26.0 Å². The molecule has 1 unspecified atom stereocenters. The Hall–Kier alpha value is -2.61. The predicted molar refractivity (Wildman–Crippen MR) is 105 cm³/mol. The maximum atomic E-state index is 12.1. The number of benzene rings is 1. The predicted octanol–water partition coefficient (Wildman–Crippen LogP) is 2.10. The number of rotatable bonds is 9. The molecule has 3 N–H and O–H groups in total. The fourth-order valence-corrected chi connectivity index (χ4v) is 3.39. The van der Waals surface area contributed by atoms with E-state index in [-0.39, 0.29) is 36.5 Å². The van der Waals surface area contributed by atoms with E-state index < -0.39 is 5.97 Å². The van der Waals surface area contributed by atoms with Crippen LogP contribution in [0.4, 0.5) is 10.5 Å². The highest BCUT2D eigenvalue weighted by Gasteiger charge is 2.34. The smallest absolute Gasteiger partial charge is 0.319 e. The SMILES string of the molecule is CCN(CC(=O)O)C1CC(NC(=O)Nc2ccc(CC(C)C(=O)OC)cc2)C1. The topological polar surface area (TPSA) is 108 Å². The minimum absolute atomic E-state index is 0.0288. The van der Waals surface area contributed by atoms with Crippen LogP contribution >= 0.6 is 0 Å². The summed E-state index contributed by atoms with van der Waals surface area (Å²) in [6.45, 7) is 4.46. The molecule has 0 aromatic heterocycles. The van der Waals surface area contributed by atoms with Crippen LogP contribution in [-0.2, 0) is 20.7 Å². The summed E-state index contributed by atoms with van der Waals surface area (Å²) in [5, 5.41) is 14.6. The van der Waals surface area contributed by atoms with Gasteiger partial charge in [-0.05, 0) is 43.5 Å². The van der Waals surface area contributed by atoms with Crippen LogP contribution in [0.25, 0.3) is 0 Å². The fraction of sp³-hybridized carbons (Fsp3) is 0.550. The molecule has 0 radical (unpaired) electrons. The maximum absolute atomic E-state index is 12.1. The standard InChI is InChI=1S/C20H29N3O5/c1-4-23(12-18(24)25)17-10-16(11-17)22-20(27)21-15-7-5-14(6-8-15)9-13(2)19(26)28-3/h5-8,13,16-17H,4,9-12H2,1-3H3,(H,24,25)(H2,21,22,27). The second-order valence-corrected chi connectivity index (χ2v) is 7.20. The highest BCUT2D eigenvalue weighted by molar-refractivity contribution is 5.89. The number of carboxylic acid groups (broad SMARTS) is 1. The molecule has 2 rings (SSSR count). The molecule has 0 spiro atoms. The van der Waals surface area contributed by atoms with Crippen LogP contribution in [0.2, 0.25) is 0 Å². The van der Waals surface area contributed by atoms with E-state index in [2.05, 4.69) is 10.6 Å². The molecule has 0 heterocycles. The number of nitrogens with zero attached hydrogens (tertiary/aromatic N) is 1. The van der Waals surface area contributed by atoms with Gasteiger partial charge in [0.25, 0.3) is 0 Å². The van der Waals surface area contributed by atoms with Gasteiger partial charge in [0.1, 0.15) is 0 Å². The number of carbonyl (C=O) groups excluding carboxylic acids is 2. The first kappa shape index (κ1) is 21.7. The number of hydrogen-bond acceptors (Lipinski definition) is 5. The summed E-state index contributed by atoms with van der Waals surface area (Å²) >= 11 is 0. The summed E-state index contributed by atoms with van der Waals surface area (Å²) in [5.74, 6) is -1.30. The lowest BCUT2D eigenvalue weighted by Gasteiger charge is -2.42. The van der Waals surface area contributed by atoms with Gasteiger partial charge in [0.15, 0.2) is 0 Å². The summed E-state index contributed by atoms with van der Waals surface area (Å²) < 4.78 is 4.73. The summed E-state index contributed by atoms with van der Waals surface area (Å²) in [4.78, 5) is 36.4. The second-order valence-electron chi connectivity index (χ2n) is 7.20. The third kappa shape index (κ3) is 6.23. The lowest BCUT2D eigenvalue weighted by molar-refractivity contribution is -0.144. The van der Waals surface area contributed by atoms with E-state index in [1.807, 2.05) is 30.9 Å². The molecule has 0 saturated heterocycles. The van der Waals surface area contributed by atoms with Gasteiger partial charge in [0.2, 0.25) is 0 Å². The molecule has 1 atom stereocenters. The number of amides is 2. The largest absolute Gasteiger partial charge is 0.480 e. The molecule has 1 saturated carbocycles. The van der Waals surface area contributed by atoms with E-state index in [1.54, 1.807) is 12.1 Å². The average Bonchev–Trinajstić information content (AvgIpc) is 2.63. The van der Waals surface area contributed by atoms with Crippen molar-refractivity contribution in [3.05, 3.63) is 29.8 Å². The molecular formula is C20H29N3O5. The van der Waals surface area contributed by atoms with Crippen molar-refractivity contribution in [1.29, 1.82) is 0 Å². The Labute approximate surface area is 165 Å². The van der Waals surface area contributed by atoms with Crippen LogP contribution in [0.15, 0.2) is 24.3 Å². The number of esters is 1. The number of anilines is 1. The molecule has 1 fully saturated rings. The molecular weight excluding hydrogens is 362 g/mol. The van der Waals surface area contributed by atoms with E-state index in [4.69, 9.17) is 9.84 Å². The van der Waals surface area contributed by atoms with Gasteiger partial charge in [0, 0.05) is 17.8 Å². The Kier molecular flexibility index (Phi) is 7.80. The van der Waals surface area contributed by atoms with Crippen molar-refractivity contribution in [2.24, 2.45) is 5.92 Å². The summed E-state index contributed by atoms with van der Waals surface area (Å²) in [5.41, 5.74) is 1.66. The molecule has 8 nitrogen and oxygen atoms in total. The zero-order valence-electron chi connectivity index (χ0n) is 16.6. The van der Waals surface area contributed by atoms with Crippen molar-refractivity contribution >= 4 is 23.7 Å². The average molecular weight is 391 g/mol. The molecule has 1 aliphatic rings. The highest BCUT2D eigenvalue weighted by atomic mass is 16.5. The van der Waals surface area contributed by atoms with Gasteiger partial charge >= 0.3 is 18.0 Å². The van der Waals surface area contributed by atoms with Gasteiger partial charge in [-0.2, -0.15) is 0 Å². The van der Waals surface area contributed by atoms with Crippen molar-refractivity contribution in [3.63, 3.8) is 0 Å². The Bertz CT molecular complexity index is 686. The molecule has 1 aromatic carbocycles. The Balaban J connectivity index is 1.75. The Morgan fingerprint density at radius 3 is 2.43 bits per heavy atom. The Morgan fingerprint density at radius 1 is 1.25 bits per heavy atom. The molecule has 28 heavy (non-hydrogen) atoms. The molecule has 0 bridgehead atoms. The van der Waals surface area contributed by atoms with Crippen molar-refractivity contribution in [2.45, 2.75) is 45.2 Å². The van der Waals surface area contributed by atoms with Gasteiger partial charge < -0.3 is 20.5 Å². The minimum atomic E-state index is -0.833. The molecule has 1 aromatic rings. The summed E-state index contributed by atoms with van der Waals surface area (Å²) in [7, 11) is 1.38. The van der Waals surface area contributed by atoms with E-state index in [9.17, 15) is 14.4 Å². The van der Waals surface area contributed by atoms with Crippen LogP contribution in [-0.4, -0.2) is 60.3 Å². The quantitative estimate of drug-likeness (QED) is 0.557. The lowest BCUT2D eigenvalue weighted by atomic mass is 9.85. The highest BCUT2D eigenvalue weighted by Crippen LogP contribution is 2.25. The fourth-order valence-electron chi connectivity index (χ4n) is 3.39. The molecule has 1 aliphatic carbocycles. The van der Waals surface area contributed by atoms with E-state index in [0.29, 0.717) is 18.7 Å². The number of aliphatic carboxylic acids is 1. The van der Waals surface area contributed by atoms with Crippen LogP contribution in [0, 0.1) is 5.92 Å². The van der Waals surface area contributed by atoms with Crippen molar-refractivity contribution < 1.29 is 24.2 Å². The third-order valence-corrected chi connectivity index (χ3v) is 5.07. The normalized spacial score (nSPS) is 19.4. The van der Waals surface area contributed by atoms with Crippen molar-refractivity contribution in [1.82, 2.24) is 10.2 Å². The summed E-state index contributed by atoms with van der Waals surface area (Å²) in [6.07, 6.45) is 2.07. The van der Waals surface area contributed by atoms with E-state index >= 15 is 0 Å². The number of ether oxygens (including phenoxy) is 1. The number of hydrogen-bond donors (Lipinski definition) is 3. The molecule has 0 aliphatic heterocycles. The zero-order valence-corrected chi connectivity index (χ0v) is 16.6. The van der Waals surface area contributed by atoms with Gasteiger partial charge in [0.05, 0.1) is 19.6 Å². The zero-order chi connectivity index (χ0) is 20.7. The van der Waals surface area contributed by atoms with Crippen LogP contribution in [0.5, 0.6) is 0 Å². The van der Waals surface area contributed by atoms with Gasteiger partial charge in [-0.15, -0.1) is 0 Å². The van der Waals surface area contributed by atoms with Gasteiger partial charge in [-0.25, -0.2) is 4.79 Å². The first-order valence-electron chi connectivity index (χ1n) is 9.52. The van der Waals surface area contributed by atoms with Crippen LogP contribution < -0.4 is 10.6 Å². The number of methoxy groups -OCH3 is 1. The Morgan fingerprint density at radius 2 is 1.89 bits per heavy atom. The number of likely N-dealkylation sites (N-methyl/N-ethyl adjacent to an activating group) is 1. The van der Waals surface area contributed by atoms with Crippen LogP contribution in [0.3, 0.4) is 0 Å². The van der Waals surface area contributed by atoms with Crippen molar-refractivity contribution in [3.8, 4) is 0 Å². The first-order chi connectivity index (χ1) is 13.3. The molecule has 8 heteroatoms. The molecule has 154 valence electrons. The van der Waals surface area contributed by atoms with Crippen LogP contribution in [0.1, 0.15) is 32.3 Å². The molecule has 2 amide bonds. The number of carboxylic acids is 1. The van der Waals surface area contributed by atoms with Gasteiger partial charge in [-0.3, -0.25) is 14.5 Å². The van der Waals surface area contributed by atoms with E-state index in [1.165, 1.54) is 7.11 Å². The monoisotopic (exact) mass is 391 g/mol. The van der Waals surface area contributed by atoms with Crippen molar-refractivity contribution in [2.75, 3.05) is 25.5 Å². The third-order valence-electron chi connectivity index (χ3n) is 5.07. The minimum Gasteiger partial charge on any atom is -0.480 e.